The highest BCUT2D eigenvalue weighted by atomic mass is 32.1. The average molecular weight is 137 g/mol. The Balaban J connectivity index is 2.77. The fourth-order valence-electron chi connectivity index (χ4n) is 0.594. The lowest BCUT2D eigenvalue weighted by Gasteiger charge is -1.90. The third kappa shape index (κ3) is 1.44. The van der Waals surface area contributed by atoms with Gasteiger partial charge in [-0.25, -0.2) is 0 Å². The van der Waals surface area contributed by atoms with Crippen molar-refractivity contribution in [1.29, 1.82) is 5.39 Å². The summed E-state index contributed by atoms with van der Waals surface area (Å²) < 4.78 is 0. The number of nitrogens with zero attached hydrogens (tertiary/aromatic N) is 2. The number of hydrogen-bond donors (Lipinski definition) is 0. The summed E-state index contributed by atoms with van der Waals surface area (Å²) in [5, 5.41) is 8.24. The van der Waals surface area contributed by atoms with Crippen LogP contribution in [0, 0.1) is 5.39 Å². The second-order valence-corrected chi connectivity index (χ2v) is 2.26. The Labute approximate surface area is 58.5 Å². The third-order valence-corrected chi connectivity index (χ3v) is 1.37. The summed E-state index contributed by atoms with van der Waals surface area (Å²) in [6.07, 6.45) is 5.95. The quantitative estimate of drug-likeness (QED) is 0.377. The maximum absolute atomic E-state index is 8.24. The van der Waals surface area contributed by atoms with Crippen molar-refractivity contribution >= 4 is 17.1 Å². The summed E-state index contributed by atoms with van der Waals surface area (Å²) in [4.78, 5) is 3.87. The van der Waals surface area contributed by atoms with E-state index in [2.05, 4.69) is 4.98 Å². The third-order valence-electron chi connectivity index (χ3n) is 1.07. The molecule has 0 saturated heterocycles. The lowest BCUT2D eigenvalue weighted by Crippen LogP contribution is -1.90. The van der Waals surface area contributed by atoms with Crippen molar-refractivity contribution in [3.8, 4) is 0 Å². The topological polar surface area (TPSA) is 28.1 Å². The van der Waals surface area contributed by atoms with Crippen LogP contribution in [0.25, 0.3) is 4.98 Å². The van der Waals surface area contributed by atoms with Crippen LogP contribution in [-0.2, 0) is 0 Å². The van der Waals surface area contributed by atoms with Gasteiger partial charge in [-0.1, -0.05) is 12.2 Å². The molecule has 0 heterocycles. The molecule has 0 N–H and O–H groups in total. The van der Waals surface area contributed by atoms with Gasteiger partial charge in [0, 0.05) is 23.4 Å². The molecule has 1 rings (SSSR count). The van der Waals surface area contributed by atoms with Crippen LogP contribution in [0.4, 0.5) is 0 Å². The van der Waals surface area contributed by atoms with Gasteiger partial charge in [-0.3, -0.25) is 0 Å². The van der Waals surface area contributed by atoms with Crippen LogP contribution >= 0.6 is 12.2 Å². The fraction of sp³-hybridized carbons (Fsp3) is 0.167. The molecule has 0 aromatic heterocycles. The maximum atomic E-state index is 8.24. The van der Waals surface area contributed by atoms with Crippen LogP contribution in [0.5, 0.6) is 0 Å². The van der Waals surface area contributed by atoms with Crippen molar-refractivity contribution < 1.29 is 0 Å². The number of allylic oxidation sites excluding steroid dienone is 3. The van der Waals surface area contributed by atoms with E-state index in [9.17, 15) is 0 Å². The van der Waals surface area contributed by atoms with Crippen molar-refractivity contribution in [3.05, 3.63) is 28.9 Å². The Hall–Kier alpha value is -1.01. The molecule has 1 aliphatic rings. The van der Waals surface area contributed by atoms with Gasteiger partial charge >= 0.3 is 5.70 Å². The largest absolute Gasteiger partial charge is 0.381 e. The van der Waals surface area contributed by atoms with E-state index < -0.39 is 0 Å². The molecular formula is C6H5N2S+. The van der Waals surface area contributed by atoms with Gasteiger partial charge in [0.05, 0.1) is 0 Å². The van der Waals surface area contributed by atoms with Crippen molar-refractivity contribution in [1.82, 2.24) is 0 Å². The van der Waals surface area contributed by atoms with Crippen LogP contribution in [0.3, 0.4) is 0 Å². The van der Waals surface area contributed by atoms with Crippen LogP contribution < -0.4 is 0 Å². The number of rotatable bonds is 0. The van der Waals surface area contributed by atoms with Gasteiger partial charge in [0.25, 0.3) is 0 Å². The minimum atomic E-state index is 0.587. The zero-order valence-corrected chi connectivity index (χ0v) is 5.56. The first-order valence-electron chi connectivity index (χ1n) is 2.59. The van der Waals surface area contributed by atoms with E-state index in [4.69, 9.17) is 17.6 Å². The molecule has 3 heteroatoms. The van der Waals surface area contributed by atoms with Crippen LogP contribution in [-0.4, -0.2) is 4.86 Å². The van der Waals surface area contributed by atoms with Gasteiger partial charge in [0.1, 0.15) is 0 Å². The van der Waals surface area contributed by atoms with Gasteiger partial charge in [-0.05, 0) is 6.08 Å². The molecule has 44 valence electrons. The van der Waals surface area contributed by atoms with Gasteiger partial charge < -0.3 is 0 Å². The predicted molar refractivity (Wildman–Crippen MR) is 39.5 cm³/mol. The van der Waals surface area contributed by atoms with Crippen LogP contribution in [0.2, 0.25) is 0 Å². The lowest BCUT2D eigenvalue weighted by atomic mass is 10.1. The van der Waals surface area contributed by atoms with E-state index in [0.29, 0.717) is 12.1 Å². The SMILES string of the molecule is N#[N+]C1=CCC(=S)C=C1. The number of hydrogen-bond acceptors (Lipinski definition) is 2. The molecule has 0 aromatic carbocycles. The van der Waals surface area contributed by atoms with E-state index in [1.807, 2.05) is 0 Å². The standard InChI is InChI=1S/C6H5N2S/c7-8-5-1-3-6(9)4-2-5/h1-3H,4H2/q+1. The molecule has 0 bridgehead atoms. The normalized spacial score (nSPS) is 16.8. The van der Waals surface area contributed by atoms with E-state index in [1.165, 1.54) is 0 Å². The van der Waals surface area contributed by atoms with Gasteiger partial charge in [0.15, 0.2) is 4.98 Å². The average Bonchev–Trinajstić information content (AvgIpc) is 1.90. The number of thiocarbonyl (C=S) groups is 1. The fourth-order valence-corrected chi connectivity index (χ4v) is 0.745. The summed E-state index contributed by atoms with van der Waals surface area (Å²) >= 11 is 4.85. The smallest absolute Gasteiger partial charge is 0.0846 e. The van der Waals surface area contributed by atoms with E-state index >= 15 is 0 Å². The highest BCUT2D eigenvalue weighted by molar-refractivity contribution is 7.80. The summed E-state index contributed by atoms with van der Waals surface area (Å²) in [5.74, 6) is 0. The lowest BCUT2D eigenvalue weighted by molar-refractivity contribution is 1.37. The Morgan fingerprint density at radius 1 is 1.56 bits per heavy atom. The maximum Gasteiger partial charge on any atom is 0.381 e. The highest BCUT2D eigenvalue weighted by Crippen LogP contribution is 2.08. The van der Waals surface area contributed by atoms with Gasteiger partial charge in [0.2, 0.25) is 5.39 Å². The molecule has 1 aliphatic carbocycles. The van der Waals surface area contributed by atoms with Crippen molar-refractivity contribution in [2.24, 2.45) is 0 Å². The molecule has 0 spiro atoms. The van der Waals surface area contributed by atoms with Crippen molar-refractivity contribution in [2.45, 2.75) is 6.42 Å². The Morgan fingerprint density at radius 2 is 2.33 bits per heavy atom. The molecule has 0 saturated carbocycles. The molecule has 2 nitrogen and oxygen atoms in total. The Morgan fingerprint density at radius 3 is 2.78 bits per heavy atom. The summed E-state index contributed by atoms with van der Waals surface area (Å²) in [7, 11) is 0. The highest BCUT2D eigenvalue weighted by Gasteiger charge is 2.08. The van der Waals surface area contributed by atoms with Crippen molar-refractivity contribution in [3.63, 3.8) is 0 Å². The molecule has 0 fully saturated rings. The molecule has 0 radical (unpaired) electrons. The molecule has 9 heavy (non-hydrogen) atoms. The van der Waals surface area contributed by atoms with E-state index in [0.717, 1.165) is 4.86 Å². The van der Waals surface area contributed by atoms with Gasteiger partial charge in [-0.15, -0.1) is 0 Å². The summed E-state index contributed by atoms with van der Waals surface area (Å²) in [5.41, 5.74) is 0.587. The van der Waals surface area contributed by atoms with E-state index in [-0.39, 0.29) is 0 Å². The summed E-state index contributed by atoms with van der Waals surface area (Å²) in [6, 6.07) is 0. The van der Waals surface area contributed by atoms with Crippen LogP contribution in [0.15, 0.2) is 23.9 Å². The van der Waals surface area contributed by atoms with Crippen LogP contribution in [0.1, 0.15) is 6.42 Å². The summed E-state index contributed by atoms with van der Waals surface area (Å²) in [6.45, 7) is 0. The second kappa shape index (κ2) is 2.51. The first-order chi connectivity index (χ1) is 4.33. The molecule has 0 amide bonds. The van der Waals surface area contributed by atoms with E-state index in [1.54, 1.807) is 18.2 Å². The number of diazo groups is 1. The Kier molecular flexibility index (Phi) is 1.71. The zero-order valence-electron chi connectivity index (χ0n) is 4.74. The molecular weight excluding hydrogens is 132 g/mol. The molecule has 0 aromatic rings. The first-order valence-corrected chi connectivity index (χ1v) is 3.00. The first kappa shape index (κ1) is 6.12. The monoisotopic (exact) mass is 137 g/mol. The molecule has 0 atom stereocenters. The minimum Gasteiger partial charge on any atom is -0.0846 e. The van der Waals surface area contributed by atoms with Crippen molar-refractivity contribution in [2.75, 3.05) is 0 Å². The molecule has 0 unspecified atom stereocenters. The second-order valence-electron chi connectivity index (χ2n) is 1.73. The zero-order chi connectivity index (χ0) is 6.69. The molecule has 0 aliphatic heterocycles. The predicted octanol–water partition coefficient (Wildman–Crippen LogP) is 2.05. The Bertz CT molecular complexity index is 232. The van der Waals surface area contributed by atoms with Gasteiger partial charge in [-0.2, -0.15) is 0 Å². The minimum absolute atomic E-state index is 0.587.